The molecule has 0 spiro atoms. The van der Waals surface area contributed by atoms with Gasteiger partial charge in [0.25, 0.3) is 5.91 Å². The third kappa shape index (κ3) is 3.82. The molecule has 1 saturated heterocycles. The quantitative estimate of drug-likeness (QED) is 0.810. The lowest BCUT2D eigenvalue weighted by molar-refractivity contribution is 0.0751. The smallest absolute Gasteiger partial charge is 0.264 e. The fourth-order valence-corrected chi connectivity index (χ4v) is 4.36. The van der Waals surface area contributed by atoms with Gasteiger partial charge in [-0.15, -0.1) is 11.3 Å². The Labute approximate surface area is 154 Å². The number of ether oxygens (including phenoxy) is 1. The minimum Gasteiger partial charge on any atom is -0.492 e. The van der Waals surface area contributed by atoms with Gasteiger partial charge in [0, 0.05) is 31.1 Å². The van der Waals surface area contributed by atoms with Crippen molar-refractivity contribution in [3.63, 3.8) is 0 Å². The predicted molar refractivity (Wildman–Crippen MR) is 104 cm³/mol. The second-order valence-electron chi connectivity index (χ2n) is 6.25. The van der Waals surface area contributed by atoms with Crippen LogP contribution in [-0.2, 0) is 6.42 Å². The van der Waals surface area contributed by atoms with Crippen molar-refractivity contribution < 1.29 is 9.53 Å². The van der Waals surface area contributed by atoms with E-state index < -0.39 is 0 Å². The normalized spacial score (nSPS) is 14.7. The summed E-state index contributed by atoms with van der Waals surface area (Å²) in [6.07, 6.45) is 0.992. The van der Waals surface area contributed by atoms with Crippen molar-refractivity contribution in [2.24, 2.45) is 0 Å². The molecule has 134 valence electrons. The minimum absolute atomic E-state index is 0.172. The Bertz CT molecular complexity index is 733. The summed E-state index contributed by atoms with van der Waals surface area (Å²) in [7, 11) is 0. The van der Waals surface area contributed by atoms with Gasteiger partial charge >= 0.3 is 0 Å². The van der Waals surface area contributed by atoms with E-state index in [0.717, 1.165) is 48.9 Å². The molecule has 25 heavy (non-hydrogen) atoms. The maximum Gasteiger partial charge on any atom is 0.264 e. The molecule has 0 saturated carbocycles. The molecule has 1 aliphatic heterocycles. The monoisotopic (exact) mass is 358 g/mol. The zero-order valence-corrected chi connectivity index (χ0v) is 16.1. The molecular formula is C20H26N2O2S. The zero-order valence-electron chi connectivity index (χ0n) is 15.2. The van der Waals surface area contributed by atoms with Crippen LogP contribution in [0.25, 0.3) is 0 Å². The Hall–Kier alpha value is -2.01. The first-order chi connectivity index (χ1) is 12.1. The summed E-state index contributed by atoms with van der Waals surface area (Å²) in [6.45, 7) is 10.1. The van der Waals surface area contributed by atoms with E-state index in [1.165, 1.54) is 10.4 Å². The molecule has 0 unspecified atom stereocenters. The molecule has 0 N–H and O–H groups in total. The predicted octanol–water partition coefficient (Wildman–Crippen LogP) is 3.98. The molecule has 1 aromatic heterocycles. The van der Waals surface area contributed by atoms with Gasteiger partial charge in [-0.05, 0) is 44.0 Å². The third-order valence-corrected chi connectivity index (χ3v) is 5.99. The Morgan fingerprint density at radius 2 is 1.88 bits per heavy atom. The standard InChI is InChI=1S/C20H26N2O2S/c1-4-18-15(3)14-19(25-18)20(23)22-12-10-21(11-13-22)16-8-6-7-9-17(16)24-5-2/h6-9,14H,4-5,10-13H2,1-3H3. The molecule has 0 aliphatic carbocycles. The number of nitrogens with zero attached hydrogens (tertiary/aromatic N) is 2. The van der Waals surface area contributed by atoms with Crippen LogP contribution >= 0.6 is 11.3 Å². The van der Waals surface area contributed by atoms with Crippen LogP contribution in [0.2, 0.25) is 0 Å². The number of thiophene rings is 1. The molecule has 1 fully saturated rings. The van der Waals surface area contributed by atoms with Gasteiger partial charge in [-0.1, -0.05) is 19.1 Å². The summed E-state index contributed by atoms with van der Waals surface area (Å²) < 4.78 is 5.74. The van der Waals surface area contributed by atoms with E-state index in [1.807, 2.05) is 36.1 Å². The number of para-hydroxylation sites is 2. The van der Waals surface area contributed by atoms with Crippen molar-refractivity contribution in [1.29, 1.82) is 0 Å². The van der Waals surface area contributed by atoms with Crippen molar-refractivity contribution in [2.45, 2.75) is 27.2 Å². The highest BCUT2D eigenvalue weighted by Crippen LogP contribution is 2.29. The number of rotatable bonds is 5. The highest BCUT2D eigenvalue weighted by Gasteiger charge is 2.25. The van der Waals surface area contributed by atoms with Crippen LogP contribution in [0, 0.1) is 6.92 Å². The lowest BCUT2D eigenvalue weighted by Gasteiger charge is -2.36. The number of anilines is 1. The van der Waals surface area contributed by atoms with Gasteiger partial charge < -0.3 is 14.5 Å². The number of hydrogen-bond donors (Lipinski definition) is 0. The first-order valence-corrected chi connectivity index (χ1v) is 9.81. The van der Waals surface area contributed by atoms with Crippen LogP contribution in [0.1, 0.15) is 34.0 Å². The van der Waals surface area contributed by atoms with E-state index in [1.54, 1.807) is 11.3 Å². The molecule has 5 heteroatoms. The SMILES string of the molecule is CCOc1ccccc1N1CCN(C(=O)c2cc(C)c(CC)s2)CC1. The highest BCUT2D eigenvalue weighted by molar-refractivity contribution is 7.14. The summed E-state index contributed by atoms with van der Waals surface area (Å²) >= 11 is 1.64. The lowest BCUT2D eigenvalue weighted by Crippen LogP contribution is -2.48. The van der Waals surface area contributed by atoms with Gasteiger partial charge in [0.05, 0.1) is 17.2 Å². The van der Waals surface area contributed by atoms with Gasteiger partial charge in [-0.2, -0.15) is 0 Å². The maximum absolute atomic E-state index is 12.8. The molecule has 0 bridgehead atoms. The van der Waals surface area contributed by atoms with Crippen LogP contribution in [0.3, 0.4) is 0 Å². The molecule has 0 radical (unpaired) electrons. The van der Waals surface area contributed by atoms with E-state index in [-0.39, 0.29) is 5.91 Å². The first-order valence-electron chi connectivity index (χ1n) is 8.99. The van der Waals surface area contributed by atoms with Crippen molar-refractivity contribution >= 4 is 22.9 Å². The molecular weight excluding hydrogens is 332 g/mol. The first kappa shape index (κ1) is 17.8. The largest absolute Gasteiger partial charge is 0.492 e. The highest BCUT2D eigenvalue weighted by atomic mass is 32.1. The second-order valence-corrected chi connectivity index (χ2v) is 7.39. The molecule has 0 atom stereocenters. The number of amides is 1. The summed E-state index contributed by atoms with van der Waals surface area (Å²) in [4.78, 5) is 19.3. The van der Waals surface area contributed by atoms with Crippen molar-refractivity contribution in [1.82, 2.24) is 4.90 Å². The van der Waals surface area contributed by atoms with Crippen LogP contribution in [-0.4, -0.2) is 43.6 Å². The topological polar surface area (TPSA) is 32.8 Å². The fourth-order valence-electron chi connectivity index (χ4n) is 3.28. The molecule has 1 amide bonds. The number of carbonyl (C=O) groups excluding carboxylic acids is 1. The molecule has 3 rings (SSSR count). The van der Waals surface area contributed by atoms with Crippen LogP contribution in [0.5, 0.6) is 5.75 Å². The van der Waals surface area contributed by atoms with Crippen LogP contribution in [0.15, 0.2) is 30.3 Å². The van der Waals surface area contributed by atoms with E-state index in [2.05, 4.69) is 24.8 Å². The summed E-state index contributed by atoms with van der Waals surface area (Å²) in [5.74, 6) is 1.09. The Kier molecular flexibility index (Phi) is 5.63. The number of hydrogen-bond acceptors (Lipinski definition) is 4. The molecule has 2 aromatic rings. The average Bonchev–Trinajstić information content (AvgIpc) is 3.03. The van der Waals surface area contributed by atoms with Gasteiger partial charge in [0.15, 0.2) is 0 Å². The van der Waals surface area contributed by atoms with Crippen molar-refractivity contribution in [2.75, 3.05) is 37.7 Å². The third-order valence-electron chi connectivity index (χ3n) is 4.63. The van der Waals surface area contributed by atoms with E-state index in [0.29, 0.717) is 6.61 Å². The lowest BCUT2D eigenvalue weighted by atomic mass is 10.2. The van der Waals surface area contributed by atoms with Gasteiger partial charge in [0.2, 0.25) is 0 Å². The molecule has 4 nitrogen and oxygen atoms in total. The molecule has 1 aromatic carbocycles. The Balaban J connectivity index is 1.66. The summed E-state index contributed by atoms with van der Waals surface area (Å²) in [5, 5.41) is 0. The van der Waals surface area contributed by atoms with Crippen LogP contribution in [0.4, 0.5) is 5.69 Å². The zero-order chi connectivity index (χ0) is 17.8. The molecule has 2 heterocycles. The van der Waals surface area contributed by atoms with E-state index >= 15 is 0 Å². The number of carbonyl (C=O) groups is 1. The van der Waals surface area contributed by atoms with E-state index in [4.69, 9.17) is 4.74 Å². The van der Waals surface area contributed by atoms with Crippen molar-refractivity contribution in [3.05, 3.63) is 45.6 Å². The minimum atomic E-state index is 0.172. The second kappa shape index (κ2) is 7.91. The van der Waals surface area contributed by atoms with Gasteiger partial charge in [-0.3, -0.25) is 4.79 Å². The number of benzene rings is 1. The van der Waals surface area contributed by atoms with Gasteiger partial charge in [0.1, 0.15) is 5.75 Å². The van der Waals surface area contributed by atoms with Gasteiger partial charge in [-0.25, -0.2) is 0 Å². The van der Waals surface area contributed by atoms with Crippen molar-refractivity contribution in [3.8, 4) is 5.75 Å². The Morgan fingerprint density at radius 1 is 1.16 bits per heavy atom. The van der Waals surface area contributed by atoms with Crippen LogP contribution < -0.4 is 9.64 Å². The number of aryl methyl sites for hydroxylation is 2. The summed E-state index contributed by atoms with van der Waals surface area (Å²) in [5.41, 5.74) is 2.36. The number of piperazine rings is 1. The average molecular weight is 359 g/mol. The fraction of sp³-hybridized carbons (Fsp3) is 0.450. The summed E-state index contributed by atoms with van der Waals surface area (Å²) in [6, 6.07) is 10.2. The molecule has 1 aliphatic rings. The Morgan fingerprint density at radius 3 is 2.52 bits per heavy atom. The van der Waals surface area contributed by atoms with E-state index in [9.17, 15) is 4.79 Å². The maximum atomic E-state index is 12.8.